The highest BCUT2D eigenvalue weighted by atomic mass is 32.1. The summed E-state index contributed by atoms with van der Waals surface area (Å²) in [5.41, 5.74) is 1.91. The summed E-state index contributed by atoms with van der Waals surface area (Å²) in [5, 5.41) is 4.78. The molecule has 1 N–H and O–H groups in total. The van der Waals surface area contributed by atoms with Crippen molar-refractivity contribution in [2.45, 2.75) is 20.0 Å². The maximum absolute atomic E-state index is 13.4. The summed E-state index contributed by atoms with van der Waals surface area (Å²) in [5.74, 6) is -0.594. The molecule has 190 valence electrons. The third kappa shape index (κ3) is 8.21. The minimum Gasteiger partial charge on any atom is -0.462 e. The minimum absolute atomic E-state index is 0.103. The highest BCUT2D eigenvalue weighted by Crippen LogP contribution is 2.16. The lowest BCUT2D eigenvalue weighted by Gasteiger charge is -2.27. The molecule has 36 heavy (non-hydrogen) atoms. The number of hydrogen-bond acceptors (Lipinski definition) is 6. The van der Waals surface area contributed by atoms with Crippen LogP contribution in [-0.4, -0.2) is 61.1 Å². The topological polar surface area (TPSA) is 88.2 Å². The van der Waals surface area contributed by atoms with E-state index >= 15 is 0 Å². The van der Waals surface area contributed by atoms with Crippen LogP contribution in [0.2, 0.25) is 0 Å². The van der Waals surface area contributed by atoms with Gasteiger partial charge in [0.15, 0.2) is 0 Å². The number of benzene rings is 2. The number of carbonyl (C=O) groups is 3. The maximum atomic E-state index is 13.4. The molecule has 3 rings (SSSR count). The molecule has 0 aliphatic rings. The third-order valence-electron chi connectivity index (χ3n) is 5.32. The molecule has 0 bridgehead atoms. The molecule has 0 saturated carbocycles. The fourth-order valence-electron chi connectivity index (χ4n) is 3.45. The molecule has 9 heteroatoms. The summed E-state index contributed by atoms with van der Waals surface area (Å²) in [4.78, 5) is 42.6. The van der Waals surface area contributed by atoms with Crippen molar-refractivity contribution in [2.24, 2.45) is 0 Å². The molecule has 2 aromatic carbocycles. The van der Waals surface area contributed by atoms with Crippen molar-refractivity contribution in [1.82, 2.24) is 9.80 Å². The molecule has 3 amide bonds. The van der Waals surface area contributed by atoms with Gasteiger partial charge in [-0.25, -0.2) is 9.59 Å². The number of carbonyl (C=O) groups excluding carboxylic acids is 3. The Morgan fingerprint density at radius 3 is 2.31 bits per heavy atom. The van der Waals surface area contributed by atoms with Gasteiger partial charge in [-0.1, -0.05) is 36.4 Å². The zero-order valence-electron chi connectivity index (χ0n) is 20.5. The van der Waals surface area contributed by atoms with E-state index in [1.54, 1.807) is 54.5 Å². The summed E-state index contributed by atoms with van der Waals surface area (Å²) in [6.07, 6.45) is 0. The molecule has 0 aliphatic heterocycles. The zero-order chi connectivity index (χ0) is 25.8. The van der Waals surface area contributed by atoms with Crippen LogP contribution in [0.15, 0.2) is 72.1 Å². The van der Waals surface area contributed by atoms with Gasteiger partial charge in [0.2, 0.25) is 5.91 Å². The molecular formula is C27H31N3O5S. The van der Waals surface area contributed by atoms with Gasteiger partial charge in [0.1, 0.15) is 6.54 Å². The highest BCUT2D eigenvalue weighted by Gasteiger charge is 2.22. The van der Waals surface area contributed by atoms with E-state index in [-0.39, 0.29) is 32.2 Å². The van der Waals surface area contributed by atoms with Gasteiger partial charge in [-0.3, -0.25) is 4.79 Å². The molecular weight excluding hydrogens is 478 g/mol. The Balaban J connectivity index is 1.70. The predicted octanol–water partition coefficient (Wildman–Crippen LogP) is 4.63. The number of thiophene rings is 1. The smallest absolute Gasteiger partial charge is 0.338 e. The number of anilines is 1. The van der Waals surface area contributed by atoms with E-state index < -0.39 is 12.0 Å². The number of esters is 1. The van der Waals surface area contributed by atoms with Crippen LogP contribution in [0.1, 0.15) is 27.7 Å². The Morgan fingerprint density at radius 1 is 0.917 bits per heavy atom. The number of nitrogens with one attached hydrogen (secondary N) is 1. The van der Waals surface area contributed by atoms with Crippen LogP contribution in [0.5, 0.6) is 0 Å². The molecule has 0 unspecified atom stereocenters. The largest absolute Gasteiger partial charge is 0.462 e. The molecule has 0 saturated heterocycles. The van der Waals surface area contributed by atoms with Crippen molar-refractivity contribution in [1.29, 1.82) is 0 Å². The molecule has 0 fully saturated rings. The van der Waals surface area contributed by atoms with Crippen molar-refractivity contribution in [3.63, 3.8) is 0 Å². The first kappa shape index (κ1) is 26.9. The second kappa shape index (κ2) is 14.0. The van der Waals surface area contributed by atoms with Crippen LogP contribution in [-0.2, 0) is 27.4 Å². The van der Waals surface area contributed by atoms with Gasteiger partial charge in [-0.05, 0) is 48.2 Å². The number of urea groups is 1. The number of rotatable bonds is 12. The molecule has 3 aromatic rings. The maximum Gasteiger partial charge on any atom is 0.338 e. The first-order valence-corrected chi connectivity index (χ1v) is 12.5. The van der Waals surface area contributed by atoms with Crippen LogP contribution in [0.3, 0.4) is 0 Å². The molecule has 1 heterocycles. The Hall–Kier alpha value is -3.69. The van der Waals surface area contributed by atoms with Gasteiger partial charge in [0, 0.05) is 30.8 Å². The van der Waals surface area contributed by atoms with Crippen LogP contribution >= 0.6 is 11.3 Å². The van der Waals surface area contributed by atoms with E-state index in [1.807, 2.05) is 47.8 Å². The number of ether oxygens (including phenoxy) is 2. The van der Waals surface area contributed by atoms with Crippen LogP contribution < -0.4 is 5.32 Å². The second-order valence-electron chi connectivity index (χ2n) is 7.96. The van der Waals surface area contributed by atoms with E-state index in [2.05, 4.69) is 5.32 Å². The van der Waals surface area contributed by atoms with Crippen LogP contribution in [0.4, 0.5) is 10.5 Å². The average Bonchev–Trinajstić information content (AvgIpc) is 3.40. The Morgan fingerprint density at radius 2 is 1.67 bits per heavy atom. The van der Waals surface area contributed by atoms with E-state index in [1.165, 1.54) is 4.90 Å². The fraction of sp³-hybridized carbons (Fsp3) is 0.296. The van der Waals surface area contributed by atoms with E-state index in [0.717, 1.165) is 10.4 Å². The van der Waals surface area contributed by atoms with Gasteiger partial charge in [0.05, 0.1) is 25.3 Å². The zero-order valence-corrected chi connectivity index (χ0v) is 21.3. The summed E-state index contributed by atoms with van der Waals surface area (Å²) >= 11 is 1.59. The summed E-state index contributed by atoms with van der Waals surface area (Å²) in [6.45, 7) is 3.35. The fourth-order valence-corrected chi connectivity index (χ4v) is 4.17. The van der Waals surface area contributed by atoms with E-state index in [4.69, 9.17) is 9.47 Å². The van der Waals surface area contributed by atoms with Crippen molar-refractivity contribution in [3.8, 4) is 0 Å². The second-order valence-corrected chi connectivity index (χ2v) is 8.99. The van der Waals surface area contributed by atoms with Gasteiger partial charge in [-0.15, -0.1) is 11.3 Å². The SMILES string of the molecule is CCOC(=O)c1ccc(NC(=O)N(CCOC)CC(=O)N(Cc2ccccc2)Cc2cccs2)cc1. The van der Waals surface area contributed by atoms with Gasteiger partial charge in [0.25, 0.3) is 0 Å². The molecule has 0 aliphatic carbocycles. The number of nitrogens with zero attached hydrogens (tertiary/aromatic N) is 2. The lowest BCUT2D eigenvalue weighted by atomic mass is 10.2. The minimum atomic E-state index is -0.430. The first-order valence-electron chi connectivity index (χ1n) is 11.7. The molecule has 0 radical (unpaired) electrons. The van der Waals surface area contributed by atoms with Gasteiger partial charge in [-0.2, -0.15) is 0 Å². The van der Waals surface area contributed by atoms with Crippen LogP contribution in [0.25, 0.3) is 0 Å². The summed E-state index contributed by atoms with van der Waals surface area (Å²) in [6, 6.07) is 19.7. The molecule has 0 atom stereocenters. The molecule has 8 nitrogen and oxygen atoms in total. The van der Waals surface area contributed by atoms with Crippen LogP contribution in [0, 0.1) is 0 Å². The predicted molar refractivity (Wildman–Crippen MR) is 140 cm³/mol. The van der Waals surface area contributed by atoms with Crippen molar-refractivity contribution in [2.75, 3.05) is 38.7 Å². The van der Waals surface area contributed by atoms with E-state index in [0.29, 0.717) is 24.3 Å². The summed E-state index contributed by atoms with van der Waals surface area (Å²) < 4.78 is 10.2. The van der Waals surface area contributed by atoms with Gasteiger partial charge >= 0.3 is 12.0 Å². The lowest BCUT2D eigenvalue weighted by molar-refractivity contribution is -0.133. The Kier molecular flexibility index (Phi) is 10.5. The normalized spacial score (nSPS) is 10.5. The van der Waals surface area contributed by atoms with Crippen molar-refractivity contribution in [3.05, 3.63) is 88.1 Å². The third-order valence-corrected chi connectivity index (χ3v) is 6.18. The molecule has 0 spiro atoms. The number of hydrogen-bond donors (Lipinski definition) is 1. The monoisotopic (exact) mass is 509 g/mol. The van der Waals surface area contributed by atoms with Crippen molar-refractivity contribution < 1.29 is 23.9 Å². The lowest BCUT2D eigenvalue weighted by Crippen LogP contribution is -2.45. The first-order chi connectivity index (χ1) is 17.5. The van der Waals surface area contributed by atoms with Gasteiger partial charge < -0.3 is 24.6 Å². The summed E-state index contributed by atoms with van der Waals surface area (Å²) in [7, 11) is 1.55. The van der Waals surface area contributed by atoms with Crippen molar-refractivity contribution >= 4 is 34.9 Å². The average molecular weight is 510 g/mol. The standard InChI is InChI=1S/C27H31N3O5S/c1-3-35-26(32)22-11-13-23(14-12-22)28-27(33)29(15-16-34-2)20-25(31)30(19-24-10-7-17-36-24)18-21-8-5-4-6-9-21/h4-14,17H,3,15-16,18-20H2,1-2H3,(H,28,33). The number of amides is 3. The highest BCUT2D eigenvalue weighted by molar-refractivity contribution is 7.09. The Labute approximate surface area is 215 Å². The van der Waals surface area contributed by atoms with E-state index in [9.17, 15) is 14.4 Å². The number of methoxy groups -OCH3 is 1. The quantitative estimate of drug-likeness (QED) is 0.360. The Bertz CT molecular complexity index is 1100. The molecule has 1 aromatic heterocycles.